The Labute approximate surface area is 183 Å². The maximum absolute atomic E-state index is 11.5. The van der Waals surface area contributed by atoms with E-state index in [-0.39, 0.29) is 12.4 Å². The largest absolute Gasteiger partial charge is 0.392 e. The molecular formula is C24H19N5O3. The standard InChI is InChI=1S/C24H19N5O3/c25-20(17-5-2-1-3-6-17)12-13-21-27-22(18-10-8-16(15-30)9-11-18)23(28-21)19-7-4-14-26-24(19)29(31)32/h1-14,25,30H,15H2,(H,27,28)/b13-12-,25-20?. The molecule has 4 rings (SSSR count). The minimum absolute atomic E-state index is 0.0859. The lowest BCUT2D eigenvalue weighted by molar-refractivity contribution is -0.388. The number of nitrogens with zero attached hydrogens (tertiary/aromatic N) is 3. The Hall–Kier alpha value is -4.43. The fourth-order valence-corrected chi connectivity index (χ4v) is 3.26. The molecule has 2 aromatic carbocycles. The van der Waals surface area contributed by atoms with Crippen molar-refractivity contribution in [3.63, 3.8) is 0 Å². The van der Waals surface area contributed by atoms with Crippen LogP contribution in [0.15, 0.2) is 79.0 Å². The second-order valence-electron chi connectivity index (χ2n) is 6.95. The quantitative estimate of drug-likeness (QED) is 0.226. The van der Waals surface area contributed by atoms with E-state index in [4.69, 9.17) is 5.41 Å². The van der Waals surface area contributed by atoms with Crippen molar-refractivity contribution in [2.45, 2.75) is 6.61 Å². The smallest absolute Gasteiger partial charge is 0.372 e. The number of H-pyrrole nitrogens is 1. The van der Waals surface area contributed by atoms with Gasteiger partial charge in [-0.05, 0) is 45.3 Å². The SMILES string of the molecule is N=C(/C=C\c1nc(-c2ccc(CO)cc2)c(-c2cccnc2[N+](=O)[O-])[nH]1)c1ccccc1. The maximum Gasteiger partial charge on any atom is 0.372 e. The second kappa shape index (κ2) is 9.15. The highest BCUT2D eigenvalue weighted by molar-refractivity contribution is 6.08. The van der Waals surface area contributed by atoms with Crippen molar-refractivity contribution in [2.24, 2.45) is 0 Å². The lowest BCUT2D eigenvalue weighted by atomic mass is 10.0. The third kappa shape index (κ3) is 4.35. The van der Waals surface area contributed by atoms with E-state index in [2.05, 4.69) is 15.0 Å². The van der Waals surface area contributed by atoms with E-state index in [0.29, 0.717) is 28.5 Å². The average molecular weight is 425 g/mol. The molecule has 2 aromatic heterocycles. The molecule has 0 saturated heterocycles. The van der Waals surface area contributed by atoms with E-state index in [1.54, 1.807) is 48.6 Å². The molecule has 0 saturated carbocycles. The molecule has 0 spiro atoms. The van der Waals surface area contributed by atoms with Crippen LogP contribution in [0.1, 0.15) is 17.0 Å². The van der Waals surface area contributed by atoms with Crippen molar-refractivity contribution < 1.29 is 10.0 Å². The van der Waals surface area contributed by atoms with E-state index >= 15 is 0 Å². The first-order valence-electron chi connectivity index (χ1n) is 9.79. The van der Waals surface area contributed by atoms with Gasteiger partial charge in [0.05, 0.1) is 29.3 Å². The highest BCUT2D eigenvalue weighted by atomic mass is 16.6. The molecule has 158 valence electrons. The normalized spacial score (nSPS) is 11.0. The summed E-state index contributed by atoms with van der Waals surface area (Å²) in [4.78, 5) is 22.7. The maximum atomic E-state index is 11.5. The van der Waals surface area contributed by atoms with Gasteiger partial charge in [-0.3, -0.25) is 0 Å². The molecule has 0 fully saturated rings. The number of aromatic nitrogens is 3. The van der Waals surface area contributed by atoms with Crippen LogP contribution in [0, 0.1) is 15.5 Å². The molecule has 3 N–H and O–H groups in total. The molecule has 0 atom stereocenters. The number of aliphatic hydroxyl groups excluding tert-OH is 1. The van der Waals surface area contributed by atoms with Crippen LogP contribution in [0.3, 0.4) is 0 Å². The summed E-state index contributed by atoms with van der Waals surface area (Å²) in [7, 11) is 0. The lowest BCUT2D eigenvalue weighted by Crippen LogP contribution is -1.96. The molecule has 0 aliphatic heterocycles. The van der Waals surface area contributed by atoms with Crippen molar-refractivity contribution in [1.29, 1.82) is 5.41 Å². The first kappa shape index (κ1) is 20.8. The highest BCUT2D eigenvalue weighted by Gasteiger charge is 2.22. The van der Waals surface area contributed by atoms with Gasteiger partial charge in [-0.1, -0.05) is 54.6 Å². The Morgan fingerprint density at radius 3 is 2.53 bits per heavy atom. The number of pyridine rings is 1. The highest BCUT2D eigenvalue weighted by Crippen LogP contribution is 2.34. The molecule has 4 aromatic rings. The van der Waals surface area contributed by atoms with Gasteiger partial charge in [-0.15, -0.1) is 0 Å². The van der Waals surface area contributed by atoms with Crippen LogP contribution in [-0.2, 0) is 6.61 Å². The molecular weight excluding hydrogens is 406 g/mol. The van der Waals surface area contributed by atoms with Gasteiger partial charge in [0, 0.05) is 5.56 Å². The Morgan fingerprint density at radius 1 is 1.09 bits per heavy atom. The van der Waals surface area contributed by atoms with Crippen LogP contribution in [-0.4, -0.2) is 30.7 Å². The van der Waals surface area contributed by atoms with E-state index in [0.717, 1.165) is 16.7 Å². The van der Waals surface area contributed by atoms with E-state index in [1.165, 1.54) is 6.20 Å². The molecule has 0 bridgehead atoms. The van der Waals surface area contributed by atoms with Gasteiger partial charge in [0.25, 0.3) is 0 Å². The number of nitrogens with one attached hydrogen (secondary N) is 2. The number of aromatic amines is 1. The number of benzene rings is 2. The van der Waals surface area contributed by atoms with Crippen molar-refractivity contribution in [2.75, 3.05) is 0 Å². The predicted octanol–water partition coefficient (Wildman–Crippen LogP) is 4.62. The third-order valence-electron chi connectivity index (χ3n) is 4.85. The molecule has 0 aliphatic carbocycles. The van der Waals surface area contributed by atoms with Gasteiger partial charge in [0.1, 0.15) is 12.0 Å². The first-order valence-corrected chi connectivity index (χ1v) is 9.79. The van der Waals surface area contributed by atoms with Crippen LogP contribution in [0.5, 0.6) is 0 Å². The van der Waals surface area contributed by atoms with E-state index in [1.807, 2.05) is 30.3 Å². The van der Waals surface area contributed by atoms with E-state index in [9.17, 15) is 15.2 Å². The van der Waals surface area contributed by atoms with Gasteiger partial charge in [0.2, 0.25) is 0 Å². The average Bonchev–Trinajstić information content (AvgIpc) is 3.27. The Morgan fingerprint density at radius 2 is 1.84 bits per heavy atom. The minimum Gasteiger partial charge on any atom is -0.392 e. The van der Waals surface area contributed by atoms with E-state index < -0.39 is 4.92 Å². The summed E-state index contributed by atoms with van der Waals surface area (Å²) >= 11 is 0. The van der Waals surface area contributed by atoms with Gasteiger partial charge in [-0.2, -0.15) is 0 Å². The van der Waals surface area contributed by atoms with Crippen LogP contribution in [0.2, 0.25) is 0 Å². The van der Waals surface area contributed by atoms with Crippen molar-refractivity contribution >= 4 is 17.6 Å². The molecule has 0 amide bonds. The second-order valence-corrected chi connectivity index (χ2v) is 6.95. The third-order valence-corrected chi connectivity index (χ3v) is 4.85. The summed E-state index contributed by atoms with van der Waals surface area (Å²) < 4.78 is 0. The molecule has 8 heteroatoms. The molecule has 2 heterocycles. The van der Waals surface area contributed by atoms with Crippen LogP contribution >= 0.6 is 0 Å². The zero-order valence-electron chi connectivity index (χ0n) is 16.9. The zero-order valence-corrected chi connectivity index (χ0v) is 16.9. The summed E-state index contributed by atoms with van der Waals surface area (Å²) in [6, 6.07) is 19.7. The number of hydrogen-bond donors (Lipinski definition) is 3. The van der Waals surface area contributed by atoms with Crippen LogP contribution < -0.4 is 0 Å². The number of rotatable bonds is 7. The van der Waals surface area contributed by atoms with Gasteiger partial charge >= 0.3 is 5.82 Å². The summed E-state index contributed by atoms with van der Waals surface area (Å²) in [5.74, 6) is 0.164. The van der Waals surface area contributed by atoms with Crippen LogP contribution in [0.4, 0.5) is 5.82 Å². The number of hydrogen-bond acceptors (Lipinski definition) is 6. The summed E-state index contributed by atoms with van der Waals surface area (Å²) in [6.07, 6.45) is 4.65. The summed E-state index contributed by atoms with van der Waals surface area (Å²) in [6.45, 7) is -0.0859. The number of nitro groups is 1. The predicted molar refractivity (Wildman–Crippen MR) is 122 cm³/mol. The minimum atomic E-state index is -0.532. The number of allylic oxidation sites excluding steroid dienone is 1. The van der Waals surface area contributed by atoms with Crippen LogP contribution in [0.25, 0.3) is 28.6 Å². The Bertz CT molecular complexity index is 1290. The molecule has 0 radical (unpaired) electrons. The Kier molecular flexibility index (Phi) is 5.96. The fourth-order valence-electron chi connectivity index (χ4n) is 3.26. The van der Waals surface area contributed by atoms with Gasteiger partial charge in [0.15, 0.2) is 0 Å². The molecule has 0 unspecified atom stereocenters. The lowest BCUT2D eigenvalue weighted by Gasteiger charge is -2.04. The van der Waals surface area contributed by atoms with Crippen molar-refractivity contribution in [3.8, 4) is 22.5 Å². The molecule has 32 heavy (non-hydrogen) atoms. The monoisotopic (exact) mass is 425 g/mol. The zero-order chi connectivity index (χ0) is 22.5. The number of imidazole rings is 1. The van der Waals surface area contributed by atoms with Crippen molar-refractivity contribution in [3.05, 3.63) is 106 Å². The van der Waals surface area contributed by atoms with Gasteiger partial charge in [-0.25, -0.2) is 4.98 Å². The fraction of sp³-hybridized carbons (Fsp3) is 0.0417. The topological polar surface area (TPSA) is 129 Å². The molecule has 0 aliphatic rings. The number of aliphatic hydroxyl groups is 1. The first-order chi connectivity index (χ1) is 15.6. The molecule has 8 nitrogen and oxygen atoms in total. The summed E-state index contributed by atoms with van der Waals surface area (Å²) in [5.41, 5.74) is 3.81. The Balaban J connectivity index is 1.79. The summed E-state index contributed by atoms with van der Waals surface area (Å²) in [5, 5.41) is 29.1. The van der Waals surface area contributed by atoms with Gasteiger partial charge < -0.3 is 25.6 Å². The van der Waals surface area contributed by atoms with Crippen molar-refractivity contribution in [1.82, 2.24) is 15.0 Å².